The first-order chi connectivity index (χ1) is 23.8. The van der Waals surface area contributed by atoms with Crippen molar-refractivity contribution in [3.63, 3.8) is 0 Å². The van der Waals surface area contributed by atoms with Gasteiger partial charge in [-0.15, -0.1) is 0 Å². The Morgan fingerprint density at radius 3 is 1.81 bits per heavy atom. The summed E-state index contributed by atoms with van der Waals surface area (Å²) in [5, 5.41) is 4.92. The fraction of sp³-hybridized carbons (Fsp3) is 0. The number of benzene rings is 7. The van der Waals surface area contributed by atoms with Crippen molar-refractivity contribution >= 4 is 54.6 Å². The standard InChI is InChI=1S/C44H26N4/c1-2-13-27(14-3-1)42-44(46-37-21-8-7-20-36(37)45-42)48-40-24-11-6-17-30(40)35-25-33-32-19-12-18-31-28-15-4-9-22-38(28)47(43(31)32)39-23-10-5-16-29(39)34(33)26-41(35)48/h1-26H. The van der Waals surface area contributed by atoms with E-state index in [1.54, 1.807) is 0 Å². The van der Waals surface area contributed by atoms with Gasteiger partial charge in [0, 0.05) is 38.2 Å². The summed E-state index contributed by atoms with van der Waals surface area (Å²) in [6.45, 7) is 0. The maximum atomic E-state index is 5.36. The second kappa shape index (κ2) is 9.50. The fourth-order valence-electron chi connectivity index (χ4n) is 8.01. The summed E-state index contributed by atoms with van der Waals surface area (Å²) in [6.07, 6.45) is 0. The molecule has 0 amide bonds. The highest BCUT2D eigenvalue weighted by molar-refractivity contribution is 6.19. The van der Waals surface area contributed by atoms with Crippen molar-refractivity contribution in [2.45, 2.75) is 0 Å². The van der Waals surface area contributed by atoms with E-state index < -0.39 is 0 Å². The summed E-state index contributed by atoms with van der Waals surface area (Å²) in [6, 6.07) is 56.4. The van der Waals surface area contributed by atoms with Gasteiger partial charge < -0.3 is 4.57 Å². The van der Waals surface area contributed by atoms with Crippen molar-refractivity contribution in [1.29, 1.82) is 0 Å². The van der Waals surface area contributed by atoms with Crippen molar-refractivity contribution in [2.75, 3.05) is 0 Å². The average Bonchev–Trinajstić information content (AvgIpc) is 3.62. The number of para-hydroxylation sites is 6. The minimum absolute atomic E-state index is 0.826. The Morgan fingerprint density at radius 2 is 0.979 bits per heavy atom. The van der Waals surface area contributed by atoms with E-state index >= 15 is 0 Å². The zero-order valence-electron chi connectivity index (χ0n) is 25.8. The smallest absolute Gasteiger partial charge is 0.165 e. The van der Waals surface area contributed by atoms with Gasteiger partial charge in [-0.2, -0.15) is 0 Å². The van der Waals surface area contributed by atoms with Crippen LogP contribution >= 0.6 is 0 Å². The molecule has 1 aliphatic heterocycles. The maximum Gasteiger partial charge on any atom is 0.165 e. The van der Waals surface area contributed by atoms with Crippen molar-refractivity contribution in [3.05, 3.63) is 158 Å². The van der Waals surface area contributed by atoms with Crippen LogP contribution in [0, 0.1) is 0 Å². The van der Waals surface area contributed by atoms with E-state index in [2.05, 4.69) is 143 Å². The molecule has 4 heteroatoms. The molecule has 0 atom stereocenters. The fourth-order valence-corrected chi connectivity index (χ4v) is 8.01. The highest BCUT2D eigenvalue weighted by Gasteiger charge is 2.27. The molecule has 0 saturated heterocycles. The van der Waals surface area contributed by atoms with E-state index in [4.69, 9.17) is 9.97 Å². The topological polar surface area (TPSA) is 35.6 Å². The van der Waals surface area contributed by atoms with Crippen LogP contribution in [0.15, 0.2) is 158 Å². The lowest BCUT2D eigenvalue weighted by atomic mass is 9.92. The Hall–Kier alpha value is -6.52. The second-order valence-electron chi connectivity index (χ2n) is 12.6. The molecule has 11 rings (SSSR count). The van der Waals surface area contributed by atoms with Gasteiger partial charge in [0.25, 0.3) is 0 Å². The summed E-state index contributed by atoms with van der Waals surface area (Å²) in [7, 11) is 0. The molecule has 4 nitrogen and oxygen atoms in total. The predicted octanol–water partition coefficient (Wildman–Crippen LogP) is 11.1. The van der Waals surface area contributed by atoms with E-state index in [1.807, 2.05) is 24.3 Å². The highest BCUT2D eigenvalue weighted by atomic mass is 15.1. The molecular weight excluding hydrogens is 585 g/mol. The van der Waals surface area contributed by atoms with Crippen LogP contribution < -0.4 is 0 Å². The summed E-state index contributed by atoms with van der Waals surface area (Å²) in [5.41, 5.74) is 14.4. The molecule has 7 aromatic carbocycles. The maximum absolute atomic E-state index is 5.36. The molecule has 4 heterocycles. The number of nitrogens with zero attached hydrogens (tertiary/aromatic N) is 4. The van der Waals surface area contributed by atoms with Gasteiger partial charge in [0.2, 0.25) is 0 Å². The Labute approximate surface area is 275 Å². The molecule has 0 unspecified atom stereocenters. The minimum Gasteiger partial charge on any atom is -0.308 e. The molecule has 0 aliphatic carbocycles. The van der Waals surface area contributed by atoms with Gasteiger partial charge in [-0.3, -0.25) is 4.57 Å². The van der Waals surface area contributed by atoms with Gasteiger partial charge in [-0.05, 0) is 53.6 Å². The third kappa shape index (κ3) is 3.38. The lowest BCUT2D eigenvalue weighted by Crippen LogP contribution is -2.04. The Morgan fingerprint density at radius 1 is 0.375 bits per heavy atom. The third-order valence-corrected chi connectivity index (χ3v) is 10.0. The molecule has 3 aromatic heterocycles. The van der Waals surface area contributed by atoms with E-state index in [9.17, 15) is 0 Å². The molecule has 48 heavy (non-hydrogen) atoms. The monoisotopic (exact) mass is 610 g/mol. The van der Waals surface area contributed by atoms with E-state index in [0.717, 1.165) is 39.1 Å². The average molecular weight is 611 g/mol. The van der Waals surface area contributed by atoms with Gasteiger partial charge >= 0.3 is 0 Å². The molecule has 1 aliphatic rings. The van der Waals surface area contributed by atoms with Crippen molar-refractivity contribution in [1.82, 2.24) is 19.1 Å². The van der Waals surface area contributed by atoms with Gasteiger partial charge in [-0.25, -0.2) is 9.97 Å². The van der Waals surface area contributed by atoms with Gasteiger partial charge in [0.15, 0.2) is 5.82 Å². The molecule has 0 radical (unpaired) electrons. The van der Waals surface area contributed by atoms with Crippen LogP contribution in [0.5, 0.6) is 0 Å². The Bertz CT molecular complexity index is 2950. The molecule has 0 spiro atoms. The molecule has 0 bridgehead atoms. The lowest BCUT2D eigenvalue weighted by molar-refractivity contribution is 1.08. The zero-order chi connectivity index (χ0) is 31.3. The molecule has 0 saturated carbocycles. The largest absolute Gasteiger partial charge is 0.308 e. The molecule has 0 N–H and O–H groups in total. The quantitative estimate of drug-likeness (QED) is 0.195. The van der Waals surface area contributed by atoms with Gasteiger partial charge in [0.05, 0.1) is 38.8 Å². The molecule has 10 aromatic rings. The SMILES string of the molecule is c1ccc(-c2nc3ccccc3nc2-n2c3ccccc3c3cc4c(cc32)-c2ccccc2-n2c3ccccc3c3cccc-4c32)cc1. The number of rotatable bonds is 2. The first-order valence-electron chi connectivity index (χ1n) is 16.4. The third-order valence-electron chi connectivity index (χ3n) is 10.0. The van der Waals surface area contributed by atoms with E-state index in [0.29, 0.717) is 0 Å². The van der Waals surface area contributed by atoms with Crippen LogP contribution in [-0.2, 0) is 0 Å². The summed E-state index contributed by atoms with van der Waals surface area (Å²) >= 11 is 0. The number of aromatic nitrogens is 4. The van der Waals surface area contributed by atoms with Crippen LogP contribution in [0.4, 0.5) is 0 Å². The van der Waals surface area contributed by atoms with Crippen molar-refractivity contribution in [2.24, 2.45) is 0 Å². The van der Waals surface area contributed by atoms with Crippen LogP contribution in [0.3, 0.4) is 0 Å². The Kier molecular flexibility index (Phi) is 5.08. The molecular formula is C44H26N4. The predicted molar refractivity (Wildman–Crippen MR) is 198 cm³/mol. The van der Waals surface area contributed by atoms with Crippen LogP contribution in [0.25, 0.3) is 99.7 Å². The van der Waals surface area contributed by atoms with Crippen molar-refractivity contribution in [3.8, 4) is 45.0 Å². The normalized spacial score (nSPS) is 12.2. The van der Waals surface area contributed by atoms with Gasteiger partial charge in [0.1, 0.15) is 5.69 Å². The van der Waals surface area contributed by atoms with E-state index in [1.165, 1.54) is 60.5 Å². The minimum atomic E-state index is 0.826. The summed E-state index contributed by atoms with van der Waals surface area (Å²) in [5.74, 6) is 0.826. The van der Waals surface area contributed by atoms with Crippen molar-refractivity contribution < 1.29 is 0 Å². The number of hydrogen-bond acceptors (Lipinski definition) is 2. The first-order valence-corrected chi connectivity index (χ1v) is 16.4. The first kappa shape index (κ1) is 25.6. The van der Waals surface area contributed by atoms with Gasteiger partial charge in [-0.1, -0.05) is 115 Å². The second-order valence-corrected chi connectivity index (χ2v) is 12.6. The van der Waals surface area contributed by atoms with Crippen LogP contribution in [-0.4, -0.2) is 19.1 Å². The highest BCUT2D eigenvalue weighted by Crippen LogP contribution is 2.49. The number of fused-ring (bicyclic) bond motifs is 12. The van der Waals surface area contributed by atoms with Crippen LogP contribution in [0.1, 0.15) is 0 Å². The Balaban J connectivity index is 1.32. The lowest BCUT2D eigenvalue weighted by Gasteiger charge is -2.15. The van der Waals surface area contributed by atoms with Crippen LogP contribution in [0.2, 0.25) is 0 Å². The number of hydrogen-bond donors (Lipinski definition) is 0. The summed E-state index contributed by atoms with van der Waals surface area (Å²) < 4.78 is 4.80. The zero-order valence-corrected chi connectivity index (χ0v) is 25.8. The summed E-state index contributed by atoms with van der Waals surface area (Å²) in [4.78, 5) is 10.6. The van der Waals surface area contributed by atoms with E-state index in [-0.39, 0.29) is 0 Å². The molecule has 0 fully saturated rings. The molecule has 222 valence electrons.